The van der Waals surface area contributed by atoms with Crippen molar-refractivity contribution in [1.29, 1.82) is 0 Å². The predicted molar refractivity (Wildman–Crippen MR) is 146 cm³/mol. The van der Waals surface area contributed by atoms with Gasteiger partial charge in [-0.1, -0.05) is 42.1 Å². The van der Waals surface area contributed by atoms with Crippen LogP contribution < -0.4 is 15.6 Å². The van der Waals surface area contributed by atoms with Crippen LogP contribution in [0.1, 0.15) is 5.56 Å². The highest BCUT2D eigenvalue weighted by Crippen LogP contribution is 2.27. The van der Waals surface area contributed by atoms with Gasteiger partial charge in [0.05, 0.1) is 35.1 Å². The SMILES string of the molecule is COc1ccc(-c2csc(NC(=O)CSc3nc4ccccc4c(=O)n3-c3ccccc3C)n2)cc1. The number of benzene rings is 3. The number of hydrogen-bond acceptors (Lipinski definition) is 7. The van der Waals surface area contributed by atoms with E-state index in [1.807, 2.05) is 73.0 Å². The normalized spacial score (nSPS) is 10.9. The maximum absolute atomic E-state index is 13.4. The van der Waals surface area contributed by atoms with Gasteiger partial charge in [-0.05, 0) is 55.0 Å². The topological polar surface area (TPSA) is 86.1 Å². The van der Waals surface area contributed by atoms with Crippen LogP contribution in [0.3, 0.4) is 0 Å². The van der Waals surface area contributed by atoms with E-state index in [9.17, 15) is 9.59 Å². The molecule has 1 N–H and O–H groups in total. The summed E-state index contributed by atoms with van der Waals surface area (Å²) in [7, 11) is 1.62. The zero-order valence-electron chi connectivity index (χ0n) is 19.6. The Balaban J connectivity index is 1.37. The molecule has 180 valence electrons. The summed E-state index contributed by atoms with van der Waals surface area (Å²) in [5.41, 5.74) is 3.82. The number of aryl methyl sites for hydroxylation is 1. The van der Waals surface area contributed by atoms with Crippen LogP contribution in [-0.2, 0) is 4.79 Å². The number of anilines is 1. The first-order valence-electron chi connectivity index (χ1n) is 11.1. The Kier molecular flexibility index (Phi) is 6.84. The highest BCUT2D eigenvalue weighted by Gasteiger charge is 2.16. The van der Waals surface area contributed by atoms with Gasteiger partial charge in [-0.25, -0.2) is 9.97 Å². The number of para-hydroxylation sites is 2. The molecule has 7 nitrogen and oxygen atoms in total. The predicted octanol–water partition coefficient (Wildman–Crippen LogP) is 5.56. The second-order valence-electron chi connectivity index (χ2n) is 7.94. The number of nitrogens with one attached hydrogen (secondary N) is 1. The third-order valence-electron chi connectivity index (χ3n) is 5.57. The number of methoxy groups -OCH3 is 1. The fourth-order valence-electron chi connectivity index (χ4n) is 3.75. The molecule has 0 saturated carbocycles. The minimum atomic E-state index is -0.227. The van der Waals surface area contributed by atoms with Gasteiger partial charge >= 0.3 is 0 Å². The van der Waals surface area contributed by atoms with Gasteiger partial charge in [0.25, 0.3) is 5.56 Å². The first-order chi connectivity index (χ1) is 17.5. The Bertz CT molecular complexity index is 1610. The van der Waals surface area contributed by atoms with Crippen molar-refractivity contribution in [3.8, 4) is 22.7 Å². The van der Waals surface area contributed by atoms with Crippen LogP contribution in [0.25, 0.3) is 27.8 Å². The quantitative estimate of drug-likeness (QED) is 0.226. The van der Waals surface area contributed by atoms with Crippen LogP contribution in [0.4, 0.5) is 5.13 Å². The lowest BCUT2D eigenvalue weighted by Gasteiger charge is -2.15. The van der Waals surface area contributed by atoms with E-state index in [1.165, 1.54) is 23.1 Å². The van der Waals surface area contributed by atoms with Gasteiger partial charge in [0.15, 0.2) is 10.3 Å². The lowest BCUT2D eigenvalue weighted by atomic mass is 10.2. The molecule has 0 aliphatic carbocycles. The Morgan fingerprint density at radius 1 is 1.03 bits per heavy atom. The summed E-state index contributed by atoms with van der Waals surface area (Å²) in [4.78, 5) is 35.4. The molecule has 1 amide bonds. The summed E-state index contributed by atoms with van der Waals surface area (Å²) in [5.74, 6) is 0.620. The molecule has 0 aliphatic heterocycles. The van der Waals surface area contributed by atoms with E-state index in [0.717, 1.165) is 28.3 Å². The van der Waals surface area contributed by atoms with Crippen LogP contribution in [0.15, 0.2) is 88.1 Å². The number of ether oxygens (including phenoxy) is 1. The third-order valence-corrected chi connectivity index (χ3v) is 7.27. The molecule has 3 aromatic carbocycles. The average molecular weight is 515 g/mol. The van der Waals surface area contributed by atoms with E-state index in [-0.39, 0.29) is 17.2 Å². The Morgan fingerprint density at radius 3 is 2.56 bits per heavy atom. The summed E-state index contributed by atoms with van der Waals surface area (Å²) in [6.45, 7) is 1.95. The van der Waals surface area contributed by atoms with Crippen LogP contribution in [-0.4, -0.2) is 33.3 Å². The molecule has 0 spiro atoms. The molecule has 0 radical (unpaired) electrons. The molecular weight excluding hydrogens is 492 g/mol. The van der Waals surface area contributed by atoms with Crippen molar-refractivity contribution < 1.29 is 9.53 Å². The van der Waals surface area contributed by atoms with Crippen LogP contribution in [0.2, 0.25) is 0 Å². The summed E-state index contributed by atoms with van der Waals surface area (Å²) in [6.07, 6.45) is 0. The zero-order valence-corrected chi connectivity index (χ0v) is 21.2. The number of fused-ring (bicyclic) bond motifs is 1. The molecule has 2 heterocycles. The van der Waals surface area contributed by atoms with Gasteiger partial charge in [0, 0.05) is 10.9 Å². The second kappa shape index (κ2) is 10.3. The molecule has 36 heavy (non-hydrogen) atoms. The van der Waals surface area contributed by atoms with Crippen molar-refractivity contribution in [2.75, 3.05) is 18.2 Å². The fourth-order valence-corrected chi connectivity index (χ4v) is 5.29. The molecular formula is C27H22N4O3S2. The van der Waals surface area contributed by atoms with Gasteiger partial charge in [-0.15, -0.1) is 11.3 Å². The number of amides is 1. The van der Waals surface area contributed by atoms with E-state index in [2.05, 4.69) is 10.3 Å². The summed E-state index contributed by atoms with van der Waals surface area (Å²) < 4.78 is 6.78. The van der Waals surface area contributed by atoms with E-state index >= 15 is 0 Å². The number of rotatable bonds is 7. The van der Waals surface area contributed by atoms with Crippen molar-refractivity contribution in [3.63, 3.8) is 0 Å². The number of carbonyl (C=O) groups is 1. The smallest absolute Gasteiger partial charge is 0.266 e. The van der Waals surface area contributed by atoms with Crippen LogP contribution in [0, 0.1) is 6.92 Å². The van der Waals surface area contributed by atoms with Gasteiger partial charge in [-0.2, -0.15) is 0 Å². The Hall–Kier alpha value is -3.95. The lowest BCUT2D eigenvalue weighted by molar-refractivity contribution is -0.113. The molecule has 2 aromatic heterocycles. The van der Waals surface area contributed by atoms with E-state index < -0.39 is 0 Å². The average Bonchev–Trinajstić information content (AvgIpc) is 3.36. The van der Waals surface area contributed by atoms with Crippen LogP contribution in [0.5, 0.6) is 5.75 Å². The monoisotopic (exact) mass is 514 g/mol. The van der Waals surface area contributed by atoms with Crippen LogP contribution >= 0.6 is 23.1 Å². The van der Waals surface area contributed by atoms with Crippen molar-refractivity contribution in [1.82, 2.24) is 14.5 Å². The first kappa shape index (κ1) is 23.8. The number of hydrogen-bond donors (Lipinski definition) is 1. The van der Waals surface area contributed by atoms with Gasteiger partial charge in [0.1, 0.15) is 5.75 Å². The Labute approximate surface area is 215 Å². The molecule has 0 unspecified atom stereocenters. The molecule has 9 heteroatoms. The third kappa shape index (κ3) is 4.89. The summed E-state index contributed by atoms with van der Waals surface area (Å²) >= 11 is 2.57. The maximum Gasteiger partial charge on any atom is 0.266 e. The fraction of sp³-hybridized carbons (Fsp3) is 0.111. The number of aromatic nitrogens is 3. The van der Waals surface area contributed by atoms with E-state index in [4.69, 9.17) is 9.72 Å². The zero-order chi connectivity index (χ0) is 25.1. The van der Waals surface area contributed by atoms with Gasteiger partial charge < -0.3 is 10.1 Å². The van der Waals surface area contributed by atoms with Crippen molar-refractivity contribution in [2.45, 2.75) is 12.1 Å². The molecule has 0 saturated heterocycles. The molecule has 0 aliphatic rings. The standard InChI is InChI=1S/C27H22N4O3S2/c1-17-7-3-6-10-23(17)31-25(33)20-8-4-5-9-21(20)29-27(31)36-16-24(32)30-26-28-22(15-35-26)18-11-13-19(34-2)14-12-18/h3-15H,16H2,1-2H3,(H,28,30,32). The Morgan fingerprint density at radius 2 is 1.78 bits per heavy atom. The number of thioether (sulfide) groups is 1. The number of thiazole rings is 1. The molecule has 5 aromatic rings. The van der Waals surface area contributed by atoms with E-state index in [1.54, 1.807) is 23.8 Å². The summed E-state index contributed by atoms with van der Waals surface area (Å²) in [5, 5.41) is 6.25. The molecule has 0 atom stereocenters. The number of nitrogens with zero attached hydrogens (tertiary/aromatic N) is 3. The largest absolute Gasteiger partial charge is 0.497 e. The maximum atomic E-state index is 13.4. The highest BCUT2D eigenvalue weighted by molar-refractivity contribution is 7.99. The van der Waals surface area contributed by atoms with Gasteiger partial charge in [0.2, 0.25) is 5.91 Å². The second-order valence-corrected chi connectivity index (χ2v) is 9.74. The van der Waals surface area contributed by atoms with Gasteiger partial charge in [-0.3, -0.25) is 14.2 Å². The number of carbonyl (C=O) groups excluding carboxylic acids is 1. The van der Waals surface area contributed by atoms with Crippen molar-refractivity contribution >= 4 is 45.0 Å². The molecule has 0 fully saturated rings. The highest BCUT2D eigenvalue weighted by atomic mass is 32.2. The van der Waals surface area contributed by atoms with Crippen molar-refractivity contribution in [2.24, 2.45) is 0 Å². The molecule has 5 rings (SSSR count). The minimum absolute atomic E-state index is 0.0775. The summed E-state index contributed by atoms with van der Waals surface area (Å²) in [6, 6.07) is 22.5. The van der Waals surface area contributed by atoms with E-state index in [0.29, 0.717) is 21.2 Å². The first-order valence-corrected chi connectivity index (χ1v) is 13.0. The van der Waals surface area contributed by atoms with Crippen molar-refractivity contribution in [3.05, 3.63) is 94.1 Å². The lowest BCUT2D eigenvalue weighted by Crippen LogP contribution is -2.23. The minimum Gasteiger partial charge on any atom is -0.497 e. The molecule has 0 bridgehead atoms.